The van der Waals surface area contributed by atoms with Crippen LogP contribution in [0.5, 0.6) is 11.5 Å². The zero-order valence-electron chi connectivity index (χ0n) is 11.1. The number of halogens is 3. The average Bonchev–Trinajstić information content (AvgIpc) is 2.46. The van der Waals surface area contributed by atoms with Gasteiger partial charge in [0, 0.05) is 6.07 Å². The van der Waals surface area contributed by atoms with Crippen LogP contribution >= 0.6 is 0 Å². The minimum Gasteiger partial charge on any atom is -0.449 e. The summed E-state index contributed by atoms with van der Waals surface area (Å²) >= 11 is 0. The Kier molecular flexibility index (Phi) is 4.16. The Morgan fingerprint density at radius 3 is 2.04 bits per heavy atom. The SMILES string of the molecule is O=[N+]([O-])c1cc([N+](=O)[O-])c(Oc2ccccc2)c(C(F)(F)F)c1. The summed E-state index contributed by atoms with van der Waals surface area (Å²) in [5, 5.41) is 21.7. The molecule has 0 heterocycles. The lowest BCUT2D eigenvalue weighted by molar-refractivity contribution is -0.395. The molecule has 0 aliphatic heterocycles. The lowest BCUT2D eigenvalue weighted by Gasteiger charge is -2.13. The minimum atomic E-state index is -5.07. The first-order valence-electron chi connectivity index (χ1n) is 5.97. The van der Waals surface area contributed by atoms with E-state index >= 15 is 0 Å². The van der Waals surface area contributed by atoms with Gasteiger partial charge < -0.3 is 4.74 Å². The van der Waals surface area contributed by atoms with E-state index in [2.05, 4.69) is 0 Å². The molecule has 0 saturated heterocycles. The molecule has 0 atom stereocenters. The van der Waals surface area contributed by atoms with Gasteiger partial charge in [-0.05, 0) is 12.1 Å². The maximum atomic E-state index is 13.1. The van der Waals surface area contributed by atoms with Crippen LogP contribution in [0.2, 0.25) is 0 Å². The zero-order chi connectivity index (χ0) is 17.2. The molecule has 2 rings (SSSR count). The quantitative estimate of drug-likeness (QED) is 0.615. The molecular weight excluding hydrogens is 321 g/mol. The van der Waals surface area contributed by atoms with Crippen molar-refractivity contribution in [2.75, 3.05) is 0 Å². The highest BCUT2D eigenvalue weighted by Gasteiger charge is 2.41. The average molecular weight is 328 g/mol. The Morgan fingerprint density at radius 2 is 1.57 bits per heavy atom. The van der Waals surface area contributed by atoms with E-state index in [4.69, 9.17) is 4.74 Å². The lowest BCUT2D eigenvalue weighted by atomic mass is 10.1. The number of nitro benzene ring substituents is 2. The predicted octanol–water partition coefficient (Wildman–Crippen LogP) is 4.31. The third-order valence-electron chi connectivity index (χ3n) is 2.73. The Morgan fingerprint density at radius 1 is 0.957 bits per heavy atom. The van der Waals surface area contributed by atoms with Gasteiger partial charge in [0.1, 0.15) is 11.3 Å². The molecule has 23 heavy (non-hydrogen) atoms. The number of nitro groups is 2. The first-order chi connectivity index (χ1) is 10.7. The van der Waals surface area contributed by atoms with Gasteiger partial charge in [0.05, 0.1) is 15.9 Å². The smallest absolute Gasteiger partial charge is 0.420 e. The molecule has 0 aliphatic rings. The van der Waals surface area contributed by atoms with Crippen molar-refractivity contribution in [3.05, 3.63) is 68.3 Å². The Labute approximate surface area is 126 Å². The number of non-ortho nitro benzene ring substituents is 1. The van der Waals surface area contributed by atoms with E-state index in [1.165, 1.54) is 24.3 Å². The van der Waals surface area contributed by atoms with Crippen LogP contribution in [0.4, 0.5) is 24.5 Å². The van der Waals surface area contributed by atoms with Crippen LogP contribution in [-0.4, -0.2) is 9.85 Å². The van der Waals surface area contributed by atoms with E-state index in [1.54, 1.807) is 6.07 Å². The predicted molar refractivity (Wildman–Crippen MR) is 71.3 cm³/mol. The third-order valence-corrected chi connectivity index (χ3v) is 2.73. The molecule has 0 saturated carbocycles. The van der Waals surface area contributed by atoms with Crippen LogP contribution in [0, 0.1) is 20.2 Å². The van der Waals surface area contributed by atoms with Gasteiger partial charge in [-0.3, -0.25) is 20.2 Å². The highest BCUT2D eigenvalue weighted by Crippen LogP contribution is 2.45. The Balaban J connectivity index is 2.70. The van der Waals surface area contributed by atoms with Crippen LogP contribution in [0.1, 0.15) is 5.56 Å². The molecule has 0 fully saturated rings. The van der Waals surface area contributed by atoms with Crippen molar-refractivity contribution in [1.29, 1.82) is 0 Å². The van der Waals surface area contributed by atoms with E-state index in [-0.39, 0.29) is 11.8 Å². The highest BCUT2D eigenvalue weighted by molar-refractivity contribution is 5.60. The summed E-state index contributed by atoms with van der Waals surface area (Å²) in [4.78, 5) is 19.4. The second kappa shape index (κ2) is 5.91. The van der Waals surface area contributed by atoms with Crippen LogP contribution in [0.25, 0.3) is 0 Å². The molecule has 10 heteroatoms. The standard InChI is InChI=1S/C13H7F3N2O5/c14-13(15,16)10-6-8(17(19)20)7-11(18(21)22)12(10)23-9-4-2-1-3-5-9/h1-7H. The minimum absolute atomic E-state index is 0.0741. The fourth-order valence-electron chi connectivity index (χ4n) is 1.76. The number of alkyl halides is 3. The molecule has 120 valence electrons. The lowest BCUT2D eigenvalue weighted by Crippen LogP contribution is -2.10. The van der Waals surface area contributed by atoms with Gasteiger partial charge in [0.25, 0.3) is 5.69 Å². The molecule has 0 spiro atoms. The summed E-state index contributed by atoms with van der Waals surface area (Å²) in [6.07, 6.45) is -5.07. The molecule has 0 N–H and O–H groups in total. The van der Waals surface area contributed by atoms with Gasteiger partial charge in [-0.25, -0.2) is 0 Å². The van der Waals surface area contributed by atoms with Gasteiger partial charge in [-0.2, -0.15) is 13.2 Å². The molecule has 2 aromatic carbocycles. The molecule has 0 aromatic heterocycles. The number of benzene rings is 2. The molecule has 0 aliphatic carbocycles. The van der Waals surface area contributed by atoms with Crippen LogP contribution < -0.4 is 4.74 Å². The van der Waals surface area contributed by atoms with Gasteiger partial charge in [0.2, 0.25) is 5.75 Å². The van der Waals surface area contributed by atoms with Crippen molar-refractivity contribution < 1.29 is 27.8 Å². The van der Waals surface area contributed by atoms with E-state index in [0.717, 1.165) is 0 Å². The number of hydrogen-bond acceptors (Lipinski definition) is 5. The summed E-state index contributed by atoms with van der Waals surface area (Å²) in [6.45, 7) is 0. The van der Waals surface area contributed by atoms with Crippen LogP contribution in [-0.2, 0) is 6.18 Å². The maximum Gasteiger partial charge on any atom is 0.420 e. The van der Waals surface area contributed by atoms with Crippen molar-refractivity contribution in [3.8, 4) is 11.5 Å². The molecular formula is C13H7F3N2O5. The van der Waals surface area contributed by atoms with Crippen molar-refractivity contribution in [1.82, 2.24) is 0 Å². The summed E-state index contributed by atoms with van der Waals surface area (Å²) in [7, 11) is 0. The second-order valence-corrected chi connectivity index (χ2v) is 4.27. The van der Waals surface area contributed by atoms with Crippen LogP contribution in [0.3, 0.4) is 0 Å². The number of rotatable bonds is 4. The monoisotopic (exact) mass is 328 g/mol. The first kappa shape index (κ1) is 16.2. The van der Waals surface area contributed by atoms with Crippen molar-refractivity contribution in [3.63, 3.8) is 0 Å². The number of hydrogen-bond donors (Lipinski definition) is 0. The van der Waals surface area contributed by atoms with Crippen molar-refractivity contribution >= 4 is 11.4 Å². The summed E-state index contributed by atoms with van der Waals surface area (Å²) in [5.41, 5.74) is -3.79. The number of nitrogens with zero attached hydrogens (tertiary/aromatic N) is 2. The normalized spacial score (nSPS) is 11.1. The van der Waals surface area contributed by atoms with Gasteiger partial charge >= 0.3 is 11.9 Å². The summed E-state index contributed by atoms with van der Waals surface area (Å²) < 4.78 is 44.3. The zero-order valence-corrected chi connectivity index (χ0v) is 11.1. The molecule has 2 aromatic rings. The Hall–Kier alpha value is -3.17. The number of ether oxygens (including phenoxy) is 1. The largest absolute Gasteiger partial charge is 0.449 e. The van der Waals surface area contributed by atoms with Crippen LogP contribution in [0.15, 0.2) is 42.5 Å². The molecule has 0 radical (unpaired) electrons. The first-order valence-corrected chi connectivity index (χ1v) is 5.97. The fourth-order valence-corrected chi connectivity index (χ4v) is 1.76. The third kappa shape index (κ3) is 3.54. The van der Waals surface area contributed by atoms with Gasteiger partial charge in [-0.15, -0.1) is 0 Å². The maximum absolute atomic E-state index is 13.1. The molecule has 0 amide bonds. The van der Waals surface area contributed by atoms with E-state index in [9.17, 15) is 33.4 Å². The van der Waals surface area contributed by atoms with Gasteiger partial charge in [0.15, 0.2) is 0 Å². The number of para-hydroxylation sites is 1. The summed E-state index contributed by atoms with van der Waals surface area (Å²) in [5.74, 6) is -1.17. The molecule has 0 bridgehead atoms. The molecule has 0 unspecified atom stereocenters. The van der Waals surface area contributed by atoms with Crippen molar-refractivity contribution in [2.24, 2.45) is 0 Å². The molecule has 7 nitrogen and oxygen atoms in total. The Bertz CT molecular complexity index is 762. The summed E-state index contributed by atoms with van der Waals surface area (Å²) in [6, 6.07) is 7.71. The van der Waals surface area contributed by atoms with Gasteiger partial charge in [-0.1, -0.05) is 18.2 Å². The fraction of sp³-hybridized carbons (Fsp3) is 0.0769. The topological polar surface area (TPSA) is 95.5 Å². The van der Waals surface area contributed by atoms with E-state index in [0.29, 0.717) is 6.07 Å². The van der Waals surface area contributed by atoms with E-state index < -0.39 is 38.7 Å². The second-order valence-electron chi connectivity index (χ2n) is 4.27. The highest BCUT2D eigenvalue weighted by atomic mass is 19.4. The van der Waals surface area contributed by atoms with Crippen molar-refractivity contribution in [2.45, 2.75) is 6.18 Å². The van der Waals surface area contributed by atoms with E-state index in [1.807, 2.05) is 0 Å².